The Labute approximate surface area is 284 Å². The molecule has 4 unspecified atom stereocenters. The molecule has 15 nitrogen and oxygen atoms in total. The lowest BCUT2D eigenvalue weighted by molar-refractivity contribution is -0.156. The van der Waals surface area contributed by atoms with E-state index in [0.717, 1.165) is 0 Å². The van der Waals surface area contributed by atoms with Gasteiger partial charge in [-0.05, 0) is 55.4 Å². The molecule has 0 aliphatic carbocycles. The topological polar surface area (TPSA) is 146 Å². The van der Waals surface area contributed by atoms with Gasteiger partial charge in [-0.1, -0.05) is 0 Å². The molecular formula is C33H58O15. The molecule has 0 saturated carbocycles. The number of rotatable bonds is 22. The van der Waals surface area contributed by atoms with Crippen molar-refractivity contribution in [2.24, 2.45) is 0 Å². The molecule has 15 heteroatoms. The first-order valence-electron chi connectivity index (χ1n) is 16.9. The Kier molecular flexibility index (Phi) is 15.0. The summed E-state index contributed by atoms with van der Waals surface area (Å²) in [5.41, 5.74) is 0. The quantitative estimate of drug-likeness (QED) is 0.163. The number of carbonyl (C=O) groups is 1. The van der Waals surface area contributed by atoms with Gasteiger partial charge in [0.1, 0.15) is 49.8 Å². The molecule has 4 aliphatic rings. The van der Waals surface area contributed by atoms with Crippen LogP contribution in [0.3, 0.4) is 0 Å². The standard InChI is InChI=1S/C33H58O15/c1-30(2)41-19-26(45-30)15-35-11-24(12-36-16-27-20-42-31(3,4)46-27)39-9-23(34)10-40-25(13-37-17-28-21-43-32(5,6)47-28)14-38-18-29-22-44-33(7,8)48-29/h24-29H,9-22H2,1-8H3. The second kappa shape index (κ2) is 18.0. The van der Waals surface area contributed by atoms with Crippen molar-refractivity contribution in [1.29, 1.82) is 0 Å². The van der Waals surface area contributed by atoms with Crippen molar-refractivity contribution in [2.75, 3.05) is 92.5 Å². The van der Waals surface area contributed by atoms with Crippen molar-refractivity contribution < 1.29 is 71.1 Å². The van der Waals surface area contributed by atoms with Gasteiger partial charge in [-0.2, -0.15) is 0 Å². The van der Waals surface area contributed by atoms with Gasteiger partial charge < -0.3 is 66.3 Å². The fourth-order valence-electron chi connectivity index (χ4n) is 5.46. The van der Waals surface area contributed by atoms with Crippen LogP contribution in [0.1, 0.15) is 55.4 Å². The molecular weight excluding hydrogens is 636 g/mol. The summed E-state index contributed by atoms with van der Waals surface area (Å²) in [5.74, 6) is -2.83. The summed E-state index contributed by atoms with van der Waals surface area (Å²) in [6, 6.07) is 0. The molecule has 0 aromatic heterocycles. The lowest BCUT2D eigenvalue weighted by Gasteiger charge is -2.22. The van der Waals surface area contributed by atoms with E-state index in [2.05, 4.69) is 0 Å². The Bertz CT molecular complexity index is 835. The molecule has 4 atom stereocenters. The highest BCUT2D eigenvalue weighted by molar-refractivity contribution is 5.80. The van der Waals surface area contributed by atoms with E-state index in [9.17, 15) is 4.79 Å². The van der Waals surface area contributed by atoms with E-state index >= 15 is 0 Å². The highest BCUT2D eigenvalue weighted by atomic mass is 16.8. The second-order valence-electron chi connectivity index (χ2n) is 14.4. The monoisotopic (exact) mass is 694 g/mol. The van der Waals surface area contributed by atoms with Gasteiger partial charge in [-0.15, -0.1) is 0 Å². The van der Waals surface area contributed by atoms with Crippen LogP contribution in [0.5, 0.6) is 0 Å². The van der Waals surface area contributed by atoms with Crippen LogP contribution in [0.2, 0.25) is 0 Å². The minimum Gasteiger partial charge on any atom is -0.376 e. The number of ether oxygens (including phenoxy) is 14. The third kappa shape index (κ3) is 14.8. The first-order valence-corrected chi connectivity index (χ1v) is 16.9. The van der Waals surface area contributed by atoms with Crippen molar-refractivity contribution in [3.8, 4) is 0 Å². The zero-order valence-corrected chi connectivity index (χ0v) is 30.0. The number of Topliss-reactive ketones (excluding diaryl/α,β-unsaturated/α-hetero) is 1. The molecule has 48 heavy (non-hydrogen) atoms. The van der Waals surface area contributed by atoms with E-state index in [1.54, 1.807) is 0 Å². The van der Waals surface area contributed by atoms with Gasteiger partial charge in [-0.3, -0.25) is 4.79 Å². The molecule has 0 spiro atoms. The second-order valence-corrected chi connectivity index (χ2v) is 14.4. The van der Waals surface area contributed by atoms with Gasteiger partial charge in [0.05, 0.1) is 79.3 Å². The van der Waals surface area contributed by atoms with E-state index in [4.69, 9.17) is 66.3 Å². The summed E-state index contributed by atoms with van der Waals surface area (Å²) in [6.07, 6.45) is -1.80. The van der Waals surface area contributed by atoms with Crippen LogP contribution in [0.15, 0.2) is 0 Å². The third-order valence-electron chi connectivity index (χ3n) is 7.66. The van der Waals surface area contributed by atoms with Gasteiger partial charge in [0.15, 0.2) is 28.9 Å². The van der Waals surface area contributed by atoms with Crippen LogP contribution in [0.25, 0.3) is 0 Å². The first-order chi connectivity index (χ1) is 22.6. The van der Waals surface area contributed by atoms with E-state index in [1.807, 2.05) is 55.4 Å². The Morgan fingerprint density at radius 3 is 0.958 bits per heavy atom. The van der Waals surface area contributed by atoms with Gasteiger partial charge in [0, 0.05) is 0 Å². The fourth-order valence-corrected chi connectivity index (χ4v) is 5.46. The van der Waals surface area contributed by atoms with Gasteiger partial charge >= 0.3 is 0 Å². The average molecular weight is 695 g/mol. The first kappa shape index (κ1) is 39.9. The molecule has 0 bridgehead atoms. The van der Waals surface area contributed by atoms with Crippen LogP contribution in [-0.4, -0.2) is 158 Å². The Morgan fingerprint density at radius 2 is 0.750 bits per heavy atom. The highest BCUT2D eigenvalue weighted by Crippen LogP contribution is 2.25. The zero-order chi connectivity index (χ0) is 34.8. The van der Waals surface area contributed by atoms with E-state index in [0.29, 0.717) is 52.9 Å². The maximum absolute atomic E-state index is 12.9. The molecule has 0 N–H and O–H groups in total. The summed E-state index contributed by atoms with van der Waals surface area (Å²) in [4.78, 5) is 12.9. The minimum atomic E-state index is -0.643. The SMILES string of the molecule is CC1(C)OCC(COCC(COCC2COC(C)(C)O2)OCC(=O)COC(COCC2COC(C)(C)O2)COCC2COC(C)(C)O2)O1. The van der Waals surface area contributed by atoms with Gasteiger partial charge in [-0.25, -0.2) is 0 Å². The molecule has 4 heterocycles. The largest absolute Gasteiger partial charge is 0.376 e. The maximum Gasteiger partial charge on any atom is 0.184 e. The summed E-state index contributed by atoms with van der Waals surface area (Å²) in [5, 5.41) is 0. The summed E-state index contributed by atoms with van der Waals surface area (Å²) in [6.45, 7) is 18.3. The molecule has 4 saturated heterocycles. The predicted molar refractivity (Wildman–Crippen MR) is 167 cm³/mol. The van der Waals surface area contributed by atoms with Crippen molar-refractivity contribution in [3.63, 3.8) is 0 Å². The normalized spacial score (nSPS) is 30.2. The van der Waals surface area contributed by atoms with Crippen LogP contribution in [0.4, 0.5) is 0 Å². The molecule has 0 amide bonds. The van der Waals surface area contributed by atoms with Gasteiger partial charge in [0.2, 0.25) is 0 Å². The Hall–Kier alpha value is -0.890. The van der Waals surface area contributed by atoms with E-state index in [1.165, 1.54) is 0 Å². The number of hydrogen-bond acceptors (Lipinski definition) is 15. The van der Waals surface area contributed by atoms with Crippen molar-refractivity contribution in [2.45, 2.75) is 115 Å². The lowest BCUT2D eigenvalue weighted by Crippen LogP contribution is -2.35. The van der Waals surface area contributed by atoms with Crippen molar-refractivity contribution in [1.82, 2.24) is 0 Å². The maximum atomic E-state index is 12.9. The molecule has 4 aliphatic heterocycles. The van der Waals surface area contributed by atoms with Crippen LogP contribution in [-0.2, 0) is 71.1 Å². The highest BCUT2D eigenvalue weighted by Gasteiger charge is 2.36. The lowest BCUT2D eigenvalue weighted by atomic mass is 10.3. The van der Waals surface area contributed by atoms with Crippen LogP contribution < -0.4 is 0 Å². The number of hydrogen-bond donors (Lipinski definition) is 0. The van der Waals surface area contributed by atoms with Crippen molar-refractivity contribution in [3.05, 3.63) is 0 Å². The molecule has 280 valence electrons. The Balaban J connectivity index is 1.20. The summed E-state index contributed by atoms with van der Waals surface area (Å²) >= 11 is 0. The number of ketones is 1. The smallest absolute Gasteiger partial charge is 0.184 e. The molecule has 0 aromatic rings. The Morgan fingerprint density at radius 1 is 0.500 bits per heavy atom. The minimum absolute atomic E-state index is 0.192. The summed E-state index contributed by atoms with van der Waals surface area (Å²) < 4.78 is 81.1. The van der Waals surface area contributed by atoms with Crippen molar-refractivity contribution >= 4 is 5.78 Å². The summed E-state index contributed by atoms with van der Waals surface area (Å²) in [7, 11) is 0. The molecule has 4 rings (SSSR count). The van der Waals surface area contributed by atoms with E-state index < -0.39 is 35.4 Å². The van der Waals surface area contributed by atoms with Gasteiger partial charge in [0.25, 0.3) is 0 Å². The molecule has 0 aromatic carbocycles. The van der Waals surface area contributed by atoms with E-state index in [-0.39, 0.29) is 69.8 Å². The van der Waals surface area contributed by atoms with Crippen LogP contribution in [0, 0.1) is 0 Å². The predicted octanol–water partition coefficient (Wildman–Crippen LogP) is 2.00. The third-order valence-corrected chi connectivity index (χ3v) is 7.66. The average Bonchev–Trinajstić information content (AvgIpc) is 3.74. The number of carbonyl (C=O) groups excluding carboxylic acids is 1. The fraction of sp³-hybridized carbons (Fsp3) is 0.970. The van der Waals surface area contributed by atoms with Crippen LogP contribution >= 0.6 is 0 Å². The molecule has 0 radical (unpaired) electrons. The molecule has 4 fully saturated rings. The zero-order valence-electron chi connectivity index (χ0n) is 30.0.